The molecule has 0 aliphatic rings. The van der Waals surface area contributed by atoms with Crippen molar-refractivity contribution in [2.24, 2.45) is 5.16 Å². The van der Waals surface area contributed by atoms with Gasteiger partial charge in [0.1, 0.15) is 11.8 Å². The molecule has 138 valence electrons. The Labute approximate surface area is 155 Å². The summed E-state index contributed by atoms with van der Waals surface area (Å²) in [6.45, 7) is -0.932. The number of carbonyl (C=O) groups is 2. The maximum Gasteiger partial charge on any atom is 0.347 e. The van der Waals surface area contributed by atoms with Gasteiger partial charge in [0.05, 0.1) is 24.6 Å². The number of anilines is 1. The fourth-order valence-electron chi connectivity index (χ4n) is 1.94. The predicted octanol–water partition coefficient (Wildman–Crippen LogP) is 2.10. The van der Waals surface area contributed by atoms with E-state index in [0.29, 0.717) is 17.0 Å². The largest absolute Gasteiger partial charge is 0.497 e. The molecule has 0 aromatic heterocycles. The Morgan fingerprint density at radius 3 is 2.59 bits per heavy atom. The lowest BCUT2D eigenvalue weighted by Gasteiger charge is -2.07. The highest BCUT2D eigenvalue weighted by molar-refractivity contribution is 5.94. The maximum absolute atomic E-state index is 11.8. The van der Waals surface area contributed by atoms with E-state index < -0.39 is 25.1 Å². The van der Waals surface area contributed by atoms with Crippen LogP contribution in [0, 0.1) is 11.3 Å². The average molecular weight is 367 g/mol. The summed E-state index contributed by atoms with van der Waals surface area (Å²) in [6, 6.07) is 15.5. The van der Waals surface area contributed by atoms with Crippen molar-refractivity contribution in [3.63, 3.8) is 0 Å². The van der Waals surface area contributed by atoms with Gasteiger partial charge in [-0.3, -0.25) is 4.79 Å². The summed E-state index contributed by atoms with van der Waals surface area (Å²) in [4.78, 5) is 28.2. The quantitative estimate of drug-likeness (QED) is 0.435. The van der Waals surface area contributed by atoms with Crippen LogP contribution in [0.5, 0.6) is 5.75 Å². The molecule has 1 amide bonds. The molecule has 0 aliphatic carbocycles. The van der Waals surface area contributed by atoms with Crippen LogP contribution < -0.4 is 10.1 Å². The Balaban J connectivity index is 1.70. The molecule has 0 radical (unpaired) electrons. The van der Waals surface area contributed by atoms with Gasteiger partial charge in [0, 0.05) is 0 Å². The van der Waals surface area contributed by atoms with Gasteiger partial charge in [0.2, 0.25) is 6.61 Å². The van der Waals surface area contributed by atoms with Crippen molar-refractivity contribution >= 4 is 23.8 Å². The zero-order valence-corrected chi connectivity index (χ0v) is 14.5. The molecule has 2 rings (SSSR count). The fourth-order valence-corrected chi connectivity index (χ4v) is 1.94. The molecule has 0 atom stereocenters. The third kappa shape index (κ3) is 6.51. The van der Waals surface area contributed by atoms with Crippen LogP contribution in [0.3, 0.4) is 0 Å². The zero-order valence-electron chi connectivity index (χ0n) is 14.5. The number of benzene rings is 2. The Morgan fingerprint density at radius 1 is 1.15 bits per heavy atom. The molecule has 0 fully saturated rings. The Bertz CT molecular complexity index is 856. The van der Waals surface area contributed by atoms with Crippen molar-refractivity contribution < 1.29 is 23.9 Å². The first-order valence-electron chi connectivity index (χ1n) is 7.86. The SMILES string of the molecule is COc1ccc(/C=N\OCC(=O)OCC(=O)Nc2ccccc2C#N)cc1. The van der Waals surface area contributed by atoms with Gasteiger partial charge in [-0.1, -0.05) is 17.3 Å². The van der Waals surface area contributed by atoms with E-state index >= 15 is 0 Å². The van der Waals surface area contributed by atoms with Gasteiger partial charge >= 0.3 is 5.97 Å². The smallest absolute Gasteiger partial charge is 0.347 e. The van der Waals surface area contributed by atoms with E-state index in [9.17, 15) is 9.59 Å². The van der Waals surface area contributed by atoms with Crippen molar-refractivity contribution in [2.45, 2.75) is 0 Å². The number of hydrogen-bond donors (Lipinski definition) is 1. The normalized spacial score (nSPS) is 10.1. The van der Waals surface area contributed by atoms with E-state index in [2.05, 4.69) is 10.5 Å². The van der Waals surface area contributed by atoms with Gasteiger partial charge < -0.3 is 19.6 Å². The highest BCUT2D eigenvalue weighted by atomic mass is 16.7. The van der Waals surface area contributed by atoms with Crippen molar-refractivity contribution in [1.82, 2.24) is 0 Å². The summed E-state index contributed by atoms with van der Waals surface area (Å²) in [5.74, 6) is -0.592. The third-order valence-corrected chi connectivity index (χ3v) is 3.26. The average Bonchev–Trinajstić information content (AvgIpc) is 2.70. The second kappa shape index (κ2) is 10.2. The van der Waals surface area contributed by atoms with Gasteiger partial charge in [-0.25, -0.2) is 4.79 Å². The molecule has 2 aromatic rings. The monoisotopic (exact) mass is 367 g/mol. The number of oxime groups is 1. The highest BCUT2D eigenvalue weighted by Crippen LogP contribution is 2.13. The molecular weight excluding hydrogens is 350 g/mol. The number of para-hydroxylation sites is 1. The van der Waals surface area contributed by atoms with E-state index in [0.717, 1.165) is 5.56 Å². The lowest BCUT2D eigenvalue weighted by Crippen LogP contribution is -2.22. The molecule has 0 unspecified atom stereocenters. The van der Waals surface area contributed by atoms with Crippen molar-refractivity contribution in [2.75, 3.05) is 25.6 Å². The molecule has 0 saturated heterocycles. The van der Waals surface area contributed by atoms with Crippen LogP contribution in [-0.2, 0) is 19.2 Å². The number of carbonyl (C=O) groups excluding carboxylic acids is 2. The van der Waals surface area contributed by atoms with E-state index in [1.807, 2.05) is 6.07 Å². The Morgan fingerprint density at radius 2 is 1.89 bits per heavy atom. The van der Waals surface area contributed by atoms with Gasteiger partial charge in [-0.2, -0.15) is 5.26 Å². The third-order valence-electron chi connectivity index (χ3n) is 3.26. The van der Waals surface area contributed by atoms with Gasteiger partial charge in [-0.15, -0.1) is 0 Å². The molecule has 8 nitrogen and oxygen atoms in total. The molecule has 0 saturated carbocycles. The molecule has 0 bridgehead atoms. The number of esters is 1. The minimum Gasteiger partial charge on any atom is -0.497 e. The number of ether oxygens (including phenoxy) is 2. The topological polar surface area (TPSA) is 110 Å². The first-order valence-corrected chi connectivity index (χ1v) is 7.86. The molecule has 0 aliphatic heterocycles. The second-order valence-corrected chi connectivity index (χ2v) is 5.15. The number of amides is 1. The summed E-state index contributed by atoms with van der Waals surface area (Å²) >= 11 is 0. The lowest BCUT2D eigenvalue weighted by molar-refractivity contribution is -0.151. The molecule has 2 aromatic carbocycles. The van der Waals surface area contributed by atoms with Crippen LogP contribution in [0.2, 0.25) is 0 Å². The molecule has 1 N–H and O–H groups in total. The number of methoxy groups -OCH3 is 1. The summed E-state index contributed by atoms with van der Waals surface area (Å²) in [6.07, 6.45) is 1.43. The summed E-state index contributed by atoms with van der Waals surface area (Å²) in [5.41, 5.74) is 1.43. The lowest BCUT2D eigenvalue weighted by atomic mass is 10.2. The fraction of sp³-hybridized carbons (Fsp3) is 0.158. The molecule has 0 spiro atoms. The van der Waals surface area contributed by atoms with Crippen LogP contribution in [0.4, 0.5) is 5.69 Å². The number of hydrogen-bond acceptors (Lipinski definition) is 7. The van der Waals surface area contributed by atoms with Crippen molar-refractivity contribution in [3.8, 4) is 11.8 Å². The van der Waals surface area contributed by atoms with Crippen LogP contribution in [-0.4, -0.2) is 38.4 Å². The first kappa shape index (κ1) is 19.5. The zero-order chi connectivity index (χ0) is 19.5. The summed E-state index contributed by atoms with van der Waals surface area (Å²) < 4.78 is 9.82. The van der Waals surface area contributed by atoms with Gasteiger partial charge in [0.15, 0.2) is 6.61 Å². The van der Waals surface area contributed by atoms with Gasteiger partial charge in [-0.05, 0) is 42.0 Å². The standard InChI is InChI=1S/C19H17N3O5/c1-25-16-8-6-14(7-9-16)11-21-27-13-19(24)26-12-18(23)22-17-5-3-2-4-15(17)10-20/h2-9,11H,12-13H2,1H3,(H,22,23)/b21-11-. The van der Waals surface area contributed by atoms with Crippen molar-refractivity contribution in [3.05, 3.63) is 59.7 Å². The summed E-state index contributed by atoms with van der Waals surface area (Å²) in [5, 5.41) is 15.1. The molecular formula is C19H17N3O5. The minimum absolute atomic E-state index is 0.313. The Hall–Kier alpha value is -3.86. The van der Waals surface area contributed by atoms with E-state index in [-0.39, 0.29) is 0 Å². The minimum atomic E-state index is -0.745. The summed E-state index contributed by atoms with van der Waals surface area (Å²) in [7, 11) is 1.57. The van der Waals surface area contributed by atoms with Crippen LogP contribution in [0.15, 0.2) is 53.7 Å². The molecule has 27 heavy (non-hydrogen) atoms. The maximum atomic E-state index is 11.8. The van der Waals surface area contributed by atoms with E-state index in [1.54, 1.807) is 55.6 Å². The van der Waals surface area contributed by atoms with Gasteiger partial charge in [0.25, 0.3) is 5.91 Å². The molecule has 8 heteroatoms. The predicted molar refractivity (Wildman–Crippen MR) is 97.3 cm³/mol. The molecule has 0 heterocycles. The number of nitrogens with one attached hydrogen (secondary N) is 1. The Kier molecular flexibility index (Phi) is 7.36. The second-order valence-electron chi connectivity index (χ2n) is 5.15. The highest BCUT2D eigenvalue weighted by Gasteiger charge is 2.10. The van der Waals surface area contributed by atoms with E-state index in [1.165, 1.54) is 6.21 Å². The van der Waals surface area contributed by atoms with Crippen LogP contribution >= 0.6 is 0 Å². The first-order chi connectivity index (χ1) is 13.1. The van der Waals surface area contributed by atoms with Crippen LogP contribution in [0.25, 0.3) is 0 Å². The van der Waals surface area contributed by atoms with Crippen molar-refractivity contribution in [1.29, 1.82) is 5.26 Å². The van der Waals surface area contributed by atoms with E-state index in [4.69, 9.17) is 19.6 Å². The number of nitrogens with zero attached hydrogens (tertiary/aromatic N) is 2. The number of nitriles is 1. The number of rotatable bonds is 8. The van der Waals surface area contributed by atoms with Crippen LogP contribution in [0.1, 0.15) is 11.1 Å².